The maximum absolute atomic E-state index is 13.7. The molecule has 0 fully saturated rings. The van der Waals surface area contributed by atoms with E-state index < -0.39 is 41.5 Å². The maximum Gasteiger partial charge on any atom is 0.460 e. The van der Waals surface area contributed by atoms with Gasteiger partial charge in [0.25, 0.3) is 0 Å². The van der Waals surface area contributed by atoms with E-state index in [2.05, 4.69) is 0 Å². The largest absolute Gasteiger partial charge is 0.491 e. The first-order valence-electron chi connectivity index (χ1n) is 7.55. The van der Waals surface area contributed by atoms with Crippen LogP contribution in [0.4, 0.5) is 39.5 Å². The smallest absolute Gasteiger partial charge is 0.460 e. The zero-order chi connectivity index (χ0) is 21.5. The normalized spacial score (nSPS) is 16.4. The van der Waals surface area contributed by atoms with E-state index in [1.165, 1.54) is 12.1 Å². The highest BCUT2D eigenvalue weighted by atomic mass is 19.4. The molecule has 0 bridgehead atoms. The lowest BCUT2D eigenvalue weighted by Crippen LogP contribution is -2.62. The van der Waals surface area contributed by atoms with E-state index >= 15 is 0 Å². The minimum atomic E-state index is -6.99. The molecular formula is C16H17F9O2. The molecule has 1 aromatic rings. The first kappa shape index (κ1) is 23.4. The monoisotopic (exact) mass is 412 g/mol. The molecule has 0 radical (unpaired) electrons. The summed E-state index contributed by atoms with van der Waals surface area (Å²) in [6.07, 6.45) is -9.53. The molecule has 0 aliphatic carbocycles. The van der Waals surface area contributed by atoms with Crippen molar-refractivity contribution in [1.82, 2.24) is 0 Å². The Balaban J connectivity index is 3.15. The Morgan fingerprint density at radius 2 is 1.30 bits per heavy atom. The third-order valence-corrected chi connectivity index (χ3v) is 3.62. The summed E-state index contributed by atoms with van der Waals surface area (Å²) in [6, 6.07) is 4.41. The highest BCUT2D eigenvalue weighted by Gasteiger charge is 2.81. The van der Waals surface area contributed by atoms with Gasteiger partial charge >= 0.3 is 23.9 Å². The van der Waals surface area contributed by atoms with Crippen molar-refractivity contribution in [3.63, 3.8) is 0 Å². The lowest BCUT2D eigenvalue weighted by atomic mass is 9.86. The first-order chi connectivity index (χ1) is 11.8. The summed E-state index contributed by atoms with van der Waals surface area (Å²) in [7, 11) is 0. The van der Waals surface area contributed by atoms with E-state index in [9.17, 15) is 44.6 Å². The Hall–Kier alpha value is -1.65. The molecule has 0 amide bonds. The van der Waals surface area contributed by atoms with Crippen molar-refractivity contribution in [2.75, 3.05) is 0 Å². The van der Waals surface area contributed by atoms with Crippen molar-refractivity contribution in [3.8, 4) is 5.75 Å². The van der Waals surface area contributed by atoms with Crippen LogP contribution in [-0.2, 0) is 5.60 Å². The van der Waals surface area contributed by atoms with Gasteiger partial charge in [-0.1, -0.05) is 12.1 Å². The van der Waals surface area contributed by atoms with Gasteiger partial charge in [-0.15, -0.1) is 0 Å². The summed E-state index contributed by atoms with van der Waals surface area (Å²) in [4.78, 5) is 0. The molecule has 1 N–H and O–H groups in total. The predicted molar refractivity (Wildman–Crippen MR) is 77.3 cm³/mol. The molecule has 0 saturated heterocycles. The van der Waals surface area contributed by atoms with Gasteiger partial charge in [0.1, 0.15) is 5.75 Å². The fourth-order valence-electron chi connectivity index (χ4n) is 2.22. The van der Waals surface area contributed by atoms with Crippen LogP contribution in [0.1, 0.15) is 32.8 Å². The molecule has 0 heterocycles. The molecule has 0 aliphatic rings. The van der Waals surface area contributed by atoms with E-state index in [1.807, 2.05) is 0 Å². The molecule has 1 atom stereocenters. The van der Waals surface area contributed by atoms with Crippen molar-refractivity contribution in [1.29, 1.82) is 0 Å². The van der Waals surface area contributed by atoms with E-state index in [4.69, 9.17) is 4.74 Å². The second-order valence-corrected chi connectivity index (χ2v) is 6.49. The molecule has 0 saturated carbocycles. The molecule has 0 spiro atoms. The zero-order valence-electron chi connectivity index (χ0n) is 14.4. The van der Waals surface area contributed by atoms with Gasteiger partial charge in [0.2, 0.25) is 0 Å². The van der Waals surface area contributed by atoms with Gasteiger partial charge in [0.15, 0.2) is 0 Å². The molecule has 0 aromatic heterocycles. The van der Waals surface area contributed by atoms with Crippen molar-refractivity contribution < 1.29 is 49.4 Å². The maximum atomic E-state index is 13.7. The molecular weight excluding hydrogens is 395 g/mol. The van der Waals surface area contributed by atoms with Crippen LogP contribution in [0.5, 0.6) is 5.75 Å². The van der Waals surface area contributed by atoms with Crippen LogP contribution < -0.4 is 4.74 Å². The van der Waals surface area contributed by atoms with E-state index in [1.54, 1.807) is 13.8 Å². The summed E-state index contributed by atoms with van der Waals surface area (Å²) in [6.45, 7) is 3.95. The van der Waals surface area contributed by atoms with Crippen LogP contribution in [0.25, 0.3) is 0 Å². The Morgan fingerprint density at radius 1 is 0.852 bits per heavy atom. The average molecular weight is 412 g/mol. The molecule has 1 aromatic carbocycles. The fourth-order valence-corrected chi connectivity index (χ4v) is 2.22. The van der Waals surface area contributed by atoms with Gasteiger partial charge in [-0.3, -0.25) is 0 Å². The summed E-state index contributed by atoms with van der Waals surface area (Å²) < 4.78 is 122. The number of hydrogen-bond acceptors (Lipinski definition) is 2. The number of benzene rings is 1. The summed E-state index contributed by atoms with van der Waals surface area (Å²) in [5.74, 6) is -19.4. The van der Waals surface area contributed by atoms with Crippen LogP contribution in [0.2, 0.25) is 0 Å². The number of alkyl halides is 9. The average Bonchev–Trinajstić information content (AvgIpc) is 2.44. The molecule has 11 heteroatoms. The topological polar surface area (TPSA) is 29.5 Å². The van der Waals surface area contributed by atoms with E-state index in [-0.39, 0.29) is 11.9 Å². The SMILES string of the molecule is CC(C)Oc1ccc(C(C)(O)CC(F)(F)C(F)(F)C(F)(F)C(F)(F)F)cc1. The molecule has 0 aliphatic heterocycles. The minimum Gasteiger partial charge on any atom is -0.491 e. The fraction of sp³-hybridized carbons (Fsp3) is 0.625. The Bertz CT molecular complexity index is 634. The second-order valence-electron chi connectivity index (χ2n) is 6.49. The van der Waals surface area contributed by atoms with Gasteiger partial charge in [-0.05, 0) is 38.5 Å². The highest BCUT2D eigenvalue weighted by Crippen LogP contribution is 2.55. The molecule has 156 valence electrons. The summed E-state index contributed by atoms with van der Waals surface area (Å²) in [5.41, 5.74) is -3.23. The van der Waals surface area contributed by atoms with Crippen LogP contribution in [0.3, 0.4) is 0 Å². The first-order valence-corrected chi connectivity index (χ1v) is 7.55. The van der Waals surface area contributed by atoms with Crippen molar-refractivity contribution in [3.05, 3.63) is 29.8 Å². The third kappa shape index (κ3) is 4.61. The molecule has 1 unspecified atom stereocenters. The molecule has 2 nitrogen and oxygen atoms in total. The van der Waals surface area contributed by atoms with Crippen molar-refractivity contribution in [2.45, 2.75) is 62.8 Å². The predicted octanol–water partition coefficient (Wildman–Crippen LogP) is 5.54. The highest BCUT2D eigenvalue weighted by molar-refractivity contribution is 5.31. The van der Waals surface area contributed by atoms with Gasteiger partial charge in [0.05, 0.1) is 18.1 Å². The summed E-state index contributed by atoms with van der Waals surface area (Å²) >= 11 is 0. The van der Waals surface area contributed by atoms with Gasteiger partial charge in [-0.2, -0.15) is 39.5 Å². The van der Waals surface area contributed by atoms with Gasteiger partial charge < -0.3 is 9.84 Å². The van der Waals surface area contributed by atoms with Crippen LogP contribution in [0.15, 0.2) is 24.3 Å². The molecule has 27 heavy (non-hydrogen) atoms. The lowest BCUT2D eigenvalue weighted by Gasteiger charge is -2.37. The number of hydrogen-bond donors (Lipinski definition) is 1. The van der Waals surface area contributed by atoms with Crippen molar-refractivity contribution in [2.24, 2.45) is 0 Å². The van der Waals surface area contributed by atoms with Gasteiger partial charge in [0, 0.05) is 0 Å². The number of ether oxygens (including phenoxy) is 1. The minimum absolute atomic E-state index is 0.241. The van der Waals surface area contributed by atoms with Crippen molar-refractivity contribution >= 4 is 0 Å². The zero-order valence-corrected chi connectivity index (χ0v) is 14.4. The van der Waals surface area contributed by atoms with Crippen LogP contribution in [0, 0.1) is 0 Å². The number of rotatable bonds is 7. The second kappa shape index (κ2) is 7.06. The number of aliphatic hydroxyl groups is 1. The lowest BCUT2D eigenvalue weighted by molar-refractivity contribution is -0.400. The summed E-state index contributed by atoms with van der Waals surface area (Å²) in [5, 5.41) is 10.0. The third-order valence-electron chi connectivity index (χ3n) is 3.62. The van der Waals surface area contributed by atoms with Gasteiger partial charge in [-0.25, -0.2) is 0 Å². The Morgan fingerprint density at radius 3 is 1.67 bits per heavy atom. The quantitative estimate of drug-likeness (QED) is 0.596. The van der Waals surface area contributed by atoms with Crippen LogP contribution in [-0.4, -0.2) is 35.2 Å². The van der Waals surface area contributed by atoms with Crippen LogP contribution >= 0.6 is 0 Å². The Kier molecular flexibility index (Phi) is 6.12. The van der Waals surface area contributed by atoms with E-state index in [0.717, 1.165) is 12.1 Å². The molecule has 1 rings (SSSR count). The van der Waals surface area contributed by atoms with E-state index in [0.29, 0.717) is 6.92 Å². The standard InChI is InChI=1S/C16H17F9O2/c1-9(2)27-11-6-4-10(5-7-11)12(3,26)8-13(17,18)14(19,20)15(21,22)16(23,24)25/h4-7,9,26H,8H2,1-3H3. The number of halogens is 9. The Labute approximate surface area is 148 Å².